The molecule has 3 aliphatic rings. The van der Waals surface area contributed by atoms with Gasteiger partial charge < -0.3 is 4.90 Å². The topological polar surface area (TPSA) is 3.24 Å². The van der Waals surface area contributed by atoms with Gasteiger partial charge in [-0.25, -0.2) is 0 Å². The van der Waals surface area contributed by atoms with E-state index in [0.29, 0.717) is 0 Å². The van der Waals surface area contributed by atoms with E-state index in [1.54, 1.807) is 0 Å². The number of rotatable bonds is 0. The maximum atomic E-state index is 6.35. The van der Waals surface area contributed by atoms with Crippen LogP contribution in [0.15, 0.2) is 0 Å². The van der Waals surface area contributed by atoms with Gasteiger partial charge in [0.05, 0.1) is 4.87 Å². The van der Waals surface area contributed by atoms with Crippen LogP contribution in [0, 0.1) is 0 Å². The van der Waals surface area contributed by atoms with Crippen LogP contribution in [0.5, 0.6) is 0 Å². The molecule has 2 heteroatoms. The van der Waals surface area contributed by atoms with E-state index in [4.69, 9.17) is 11.6 Å². The summed E-state index contributed by atoms with van der Waals surface area (Å²) >= 11 is 6.35. The minimum atomic E-state index is 0.156. The van der Waals surface area contributed by atoms with E-state index < -0.39 is 0 Å². The van der Waals surface area contributed by atoms with Gasteiger partial charge in [-0.1, -0.05) is 0 Å². The number of halogens is 1. The zero-order chi connectivity index (χ0) is 7.19. The zero-order valence-corrected chi connectivity index (χ0v) is 7.19. The number of hydrogen-bond donors (Lipinski definition) is 0. The summed E-state index contributed by atoms with van der Waals surface area (Å²) < 4.78 is 0. The third-order valence-electron chi connectivity index (χ3n) is 3.01. The molecule has 0 aromatic heterocycles. The van der Waals surface area contributed by atoms with Crippen LogP contribution >= 0.6 is 11.6 Å². The summed E-state index contributed by atoms with van der Waals surface area (Å²) in [6.07, 6.45) is 5.12. The van der Waals surface area contributed by atoms with Crippen LogP contribution < -0.4 is 0 Å². The first-order chi connectivity index (χ1) is 4.70. The number of nitrogens with zero attached hydrogens (tertiary/aromatic N) is 1. The van der Waals surface area contributed by atoms with Crippen molar-refractivity contribution in [3.8, 4) is 0 Å². The lowest BCUT2D eigenvalue weighted by molar-refractivity contribution is 0.0879. The smallest absolute Gasteiger partial charge is 0.0574 e. The molecule has 3 fully saturated rings. The molecular formula is C8H14ClN. The molecule has 0 unspecified atom stereocenters. The number of alkyl halides is 1. The van der Waals surface area contributed by atoms with Crippen molar-refractivity contribution in [1.29, 1.82) is 0 Å². The van der Waals surface area contributed by atoms with Crippen molar-refractivity contribution in [3.05, 3.63) is 0 Å². The Hall–Kier alpha value is 0.250. The maximum Gasteiger partial charge on any atom is 0.0574 e. The molecule has 10 heavy (non-hydrogen) atoms. The summed E-state index contributed by atoms with van der Waals surface area (Å²) in [5, 5.41) is 0. The van der Waals surface area contributed by atoms with Crippen molar-refractivity contribution >= 4 is 11.6 Å². The van der Waals surface area contributed by atoms with Gasteiger partial charge in [-0.15, -0.1) is 11.6 Å². The number of piperidine rings is 2. The van der Waals surface area contributed by atoms with Crippen LogP contribution in [0.1, 0.15) is 25.7 Å². The predicted octanol–water partition coefficient (Wildman–Crippen LogP) is 1.85. The summed E-state index contributed by atoms with van der Waals surface area (Å²) in [5.74, 6) is 0. The molecule has 0 aromatic carbocycles. The molecule has 0 atom stereocenters. The lowest BCUT2D eigenvalue weighted by Gasteiger charge is -2.48. The molecule has 2 bridgehead atoms. The molecule has 2 heterocycles. The number of hydrogen-bond acceptors (Lipinski definition) is 1. The molecule has 1 aliphatic carbocycles. The first kappa shape index (κ1) is 6.93. The zero-order valence-electron chi connectivity index (χ0n) is 6.44. The van der Waals surface area contributed by atoms with Crippen molar-refractivity contribution in [1.82, 2.24) is 4.90 Å². The van der Waals surface area contributed by atoms with Crippen molar-refractivity contribution in [3.63, 3.8) is 0 Å². The van der Waals surface area contributed by atoms with E-state index in [1.807, 2.05) is 0 Å². The highest BCUT2D eigenvalue weighted by atomic mass is 35.5. The summed E-state index contributed by atoms with van der Waals surface area (Å²) in [6.45, 7) is 1.11. The Morgan fingerprint density at radius 1 is 1.40 bits per heavy atom. The van der Waals surface area contributed by atoms with Gasteiger partial charge in [0.15, 0.2) is 0 Å². The highest BCUT2D eigenvalue weighted by Crippen LogP contribution is 2.41. The standard InChI is InChI=1S/C8H14ClN/c1-10-6-8(9)4-2-7(10)3-5-8/h7H,2-6H2,1H3. The quantitative estimate of drug-likeness (QED) is 0.488. The van der Waals surface area contributed by atoms with Gasteiger partial charge in [0.2, 0.25) is 0 Å². The average Bonchev–Trinajstić information content (AvgIpc) is 1.87. The molecule has 0 radical (unpaired) electrons. The van der Waals surface area contributed by atoms with Crippen LogP contribution in [0.25, 0.3) is 0 Å². The average molecular weight is 160 g/mol. The van der Waals surface area contributed by atoms with Gasteiger partial charge in [0, 0.05) is 12.6 Å². The Morgan fingerprint density at radius 2 is 2.00 bits per heavy atom. The van der Waals surface area contributed by atoms with Gasteiger partial charge in [0.25, 0.3) is 0 Å². The molecule has 58 valence electrons. The molecule has 2 aliphatic heterocycles. The normalized spacial score (nSPS) is 48.0. The van der Waals surface area contributed by atoms with E-state index in [1.165, 1.54) is 25.7 Å². The van der Waals surface area contributed by atoms with Gasteiger partial charge in [-0.3, -0.25) is 0 Å². The first-order valence-electron chi connectivity index (χ1n) is 4.09. The first-order valence-corrected chi connectivity index (χ1v) is 4.47. The van der Waals surface area contributed by atoms with E-state index in [2.05, 4.69) is 11.9 Å². The van der Waals surface area contributed by atoms with Crippen LogP contribution in [0.3, 0.4) is 0 Å². The molecule has 1 nitrogen and oxygen atoms in total. The molecular weight excluding hydrogens is 146 g/mol. The molecule has 0 spiro atoms. The van der Waals surface area contributed by atoms with Crippen LogP contribution in [0.4, 0.5) is 0 Å². The third-order valence-corrected chi connectivity index (χ3v) is 3.50. The second kappa shape index (κ2) is 2.12. The van der Waals surface area contributed by atoms with Crippen molar-refractivity contribution in [2.75, 3.05) is 13.6 Å². The lowest BCUT2D eigenvalue weighted by atomic mass is 9.79. The predicted molar refractivity (Wildman–Crippen MR) is 43.5 cm³/mol. The van der Waals surface area contributed by atoms with Crippen LogP contribution in [-0.2, 0) is 0 Å². The SMILES string of the molecule is CN1CC2(Cl)CCC1CC2. The molecule has 3 rings (SSSR count). The monoisotopic (exact) mass is 159 g/mol. The fourth-order valence-corrected chi connectivity index (χ4v) is 2.70. The Kier molecular flexibility index (Phi) is 1.47. The summed E-state index contributed by atoms with van der Waals surface area (Å²) in [6, 6.07) is 0.848. The minimum Gasteiger partial charge on any atom is -0.302 e. The summed E-state index contributed by atoms with van der Waals surface area (Å²) in [5.41, 5.74) is 0. The fraction of sp³-hybridized carbons (Fsp3) is 1.00. The second-order valence-corrected chi connectivity index (χ2v) is 4.60. The van der Waals surface area contributed by atoms with Gasteiger partial charge in [-0.2, -0.15) is 0 Å². The Morgan fingerprint density at radius 3 is 2.30 bits per heavy atom. The molecule has 2 saturated heterocycles. The lowest BCUT2D eigenvalue weighted by Crippen LogP contribution is -2.53. The summed E-state index contributed by atoms with van der Waals surface area (Å²) in [4.78, 5) is 2.57. The maximum absolute atomic E-state index is 6.35. The van der Waals surface area contributed by atoms with E-state index in [0.717, 1.165) is 12.6 Å². The van der Waals surface area contributed by atoms with Crippen LogP contribution in [0.2, 0.25) is 0 Å². The molecule has 0 amide bonds. The molecule has 0 aromatic rings. The second-order valence-electron chi connectivity index (χ2n) is 3.80. The van der Waals surface area contributed by atoms with Crippen molar-refractivity contribution in [2.45, 2.75) is 36.6 Å². The highest BCUT2D eigenvalue weighted by molar-refractivity contribution is 6.24. The van der Waals surface area contributed by atoms with Crippen molar-refractivity contribution in [2.24, 2.45) is 0 Å². The Labute approximate surface area is 67.3 Å². The fourth-order valence-electron chi connectivity index (χ4n) is 2.29. The summed E-state index contributed by atoms with van der Waals surface area (Å²) in [7, 11) is 2.19. The highest BCUT2D eigenvalue weighted by Gasteiger charge is 2.41. The minimum absolute atomic E-state index is 0.156. The van der Waals surface area contributed by atoms with E-state index in [9.17, 15) is 0 Å². The van der Waals surface area contributed by atoms with Gasteiger partial charge >= 0.3 is 0 Å². The third kappa shape index (κ3) is 0.960. The largest absolute Gasteiger partial charge is 0.302 e. The molecule has 0 N–H and O–H groups in total. The number of fused-ring (bicyclic) bond motifs is 3. The van der Waals surface area contributed by atoms with E-state index in [-0.39, 0.29) is 4.87 Å². The van der Waals surface area contributed by atoms with E-state index >= 15 is 0 Å². The Bertz CT molecular complexity index is 138. The van der Waals surface area contributed by atoms with Gasteiger partial charge in [-0.05, 0) is 32.7 Å². The van der Waals surface area contributed by atoms with Crippen molar-refractivity contribution < 1.29 is 0 Å². The van der Waals surface area contributed by atoms with Gasteiger partial charge in [0.1, 0.15) is 0 Å². The Balaban J connectivity index is 2.14. The van der Waals surface area contributed by atoms with Crippen LogP contribution in [-0.4, -0.2) is 29.4 Å². The molecule has 1 saturated carbocycles.